The lowest BCUT2D eigenvalue weighted by atomic mass is 10.0. The molecule has 2 unspecified atom stereocenters. The third-order valence-corrected chi connectivity index (χ3v) is 2.57. The van der Waals surface area contributed by atoms with E-state index in [2.05, 4.69) is 10.1 Å². The molecule has 0 N–H and O–H groups in total. The molecule has 0 saturated carbocycles. The minimum atomic E-state index is -0.149. The number of oxime groups is 1. The van der Waals surface area contributed by atoms with Crippen molar-refractivity contribution >= 4 is 18.1 Å². The Hall–Kier alpha value is -0.280. The molecule has 2 fully saturated rings. The summed E-state index contributed by atoms with van der Waals surface area (Å²) in [6, 6.07) is 0. The minimum absolute atomic E-state index is 0. The molecule has 4 heteroatoms. The van der Waals surface area contributed by atoms with Crippen molar-refractivity contribution in [1.82, 2.24) is 4.90 Å². The van der Waals surface area contributed by atoms with Gasteiger partial charge in [-0.3, -0.25) is 4.90 Å². The molecule has 0 aromatic rings. The van der Waals surface area contributed by atoms with E-state index in [4.69, 9.17) is 4.84 Å². The molecule has 82 valence electrons. The first-order valence-corrected chi connectivity index (χ1v) is 5.02. The predicted octanol–water partition coefficient (Wildman–Crippen LogP) is 1.91. The smallest absolute Gasteiger partial charge is 0.129 e. The summed E-state index contributed by atoms with van der Waals surface area (Å²) in [5.41, 5.74) is 1.10. The van der Waals surface area contributed by atoms with Gasteiger partial charge in [-0.05, 0) is 33.7 Å². The normalized spacial score (nSPS) is 33.2. The lowest BCUT2D eigenvalue weighted by molar-refractivity contribution is -0.000111. The van der Waals surface area contributed by atoms with Gasteiger partial charge in [0.05, 0.1) is 5.71 Å². The summed E-state index contributed by atoms with van der Waals surface area (Å²) < 4.78 is 0. The average Bonchev–Trinajstić information content (AvgIpc) is 2.58. The Kier molecular flexibility index (Phi) is 3.43. The highest BCUT2D eigenvalue weighted by atomic mass is 35.5. The van der Waals surface area contributed by atoms with Crippen LogP contribution < -0.4 is 0 Å². The van der Waals surface area contributed by atoms with Crippen LogP contribution in [0.2, 0.25) is 0 Å². The van der Waals surface area contributed by atoms with E-state index < -0.39 is 0 Å². The summed E-state index contributed by atoms with van der Waals surface area (Å²) in [7, 11) is 0. The van der Waals surface area contributed by atoms with Crippen LogP contribution in [-0.2, 0) is 4.84 Å². The van der Waals surface area contributed by atoms with Gasteiger partial charge in [-0.1, -0.05) is 5.16 Å². The van der Waals surface area contributed by atoms with Gasteiger partial charge in [-0.15, -0.1) is 12.4 Å². The molecule has 3 nitrogen and oxygen atoms in total. The molecule has 2 aliphatic heterocycles. The third-order valence-electron chi connectivity index (χ3n) is 2.57. The Labute approximate surface area is 91.9 Å². The Balaban J connectivity index is 0.000000980. The molecule has 2 saturated heterocycles. The largest absolute Gasteiger partial charge is 0.390 e. The summed E-state index contributed by atoms with van der Waals surface area (Å²) in [6.45, 7) is 9.58. The lowest BCUT2D eigenvalue weighted by Crippen LogP contribution is -2.25. The first-order valence-electron chi connectivity index (χ1n) is 5.02. The van der Waals surface area contributed by atoms with Gasteiger partial charge in [-0.25, -0.2) is 0 Å². The molecule has 2 aliphatic rings. The molecule has 0 radical (unpaired) electrons. The molecule has 0 amide bonds. The van der Waals surface area contributed by atoms with Crippen LogP contribution in [-0.4, -0.2) is 35.8 Å². The summed E-state index contributed by atoms with van der Waals surface area (Å²) in [5.74, 6) is 0.683. The highest BCUT2D eigenvalue weighted by molar-refractivity contribution is 5.91. The van der Waals surface area contributed by atoms with Crippen LogP contribution in [0, 0.1) is 5.92 Å². The number of halogens is 1. The molecule has 2 heterocycles. The van der Waals surface area contributed by atoms with E-state index >= 15 is 0 Å². The van der Waals surface area contributed by atoms with Gasteiger partial charge in [0.2, 0.25) is 0 Å². The topological polar surface area (TPSA) is 24.8 Å². The van der Waals surface area contributed by atoms with E-state index in [1.54, 1.807) is 0 Å². The van der Waals surface area contributed by atoms with Crippen LogP contribution in [0.25, 0.3) is 0 Å². The Bertz CT molecular complexity index is 235. The highest BCUT2D eigenvalue weighted by Crippen LogP contribution is 2.26. The average molecular weight is 219 g/mol. The molecule has 0 aliphatic carbocycles. The van der Waals surface area contributed by atoms with Gasteiger partial charge in [0.25, 0.3) is 0 Å². The number of nitrogens with zero attached hydrogens (tertiary/aromatic N) is 2. The van der Waals surface area contributed by atoms with E-state index in [0.717, 1.165) is 6.54 Å². The second kappa shape index (κ2) is 4.07. The van der Waals surface area contributed by atoms with Gasteiger partial charge in [0, 0.05) is 19.0 Å². The zero-order chi connectivity index (χ0) is 9.47. The van der Waals surface area contributed by atoms with Crippen LogP contribution in [0.4, 0.5) is 0 Å². The van der Waals surface area contributed by atoms with Crippen molar-refractivity contribution in [2.75, 3.05) is 19.6 Å². The van der Waals surface area contributed by atoms with Crippen LogP contribution in [0.15, 0.2) is 5.16 Å². The third kappa shape index (κ3) is 2.61. The van der Waals surface area contributed by atoms with Crippen LogP contribution in [0.3, 0.4) is 0 Å². The van der Waals surface area contributed by atoms with Gasteiger partial charge < -0.3 is 4.84 Å². The summed E-state index contributed by atoms with van der Waals surface area (Å²) >= 11 is 0. The summed E-state index contributed by atoms with van der Waals surface area (Å²) in [6.07, 6.45) is 1.27. The lowest BCUT2D eigenvalue weighted by Gasteiger charge is -2.18. The van der Waals surface area contributed by atoms with Crippen molar-refractivity contribution in [2.24, 2.45) is 11.1 Å². The Morgan fingerprint density at radius 3 is 2.57 bits per heavy atom. The predicted molar refractivity (Wildman–Crippen MR) is 60.1 cm³/mol. The number of fused-ring (bicyclic) bond motifs is 2. The van der Waals surface area contributed by atoms with Gasteiger partial charge in [0.1, 0.15) is 5.60 Å². The van der Waals surface area contributed by atoms with Crippen LogP contribution >= 0.6 is 12.4 Å². The highest BCUT2D eigenvalue weighted by Gasteiger charge is 2.35. The monoisotopic (exact) mass is 218 g/mol. The molecule has 0 aromatic heterocycles. The van der Waals surface area contributed by atoms with Gasteiger partial charge >= 0.3 is 0 Å². The van der Waals surface area contributed by atoms with Gasteiger partial charge in [0.15, 0.2) is 0 Å². The molecular formula is C10H19ClN2O. The second-order valence-electron chi connectivity index (χ2n) is 5.01. The van der Waals surface area contributed by atoms with Crippen LogP contribution in [0.5, 0.6) is 0 Å². The van der Waals surface area contributed by atoms with E-state index in [0.29, 0.717) is 5.92 Å². The molecule has 0 spiro atoms. The fraction of sp³-hybridized carbons (Fsp3) is 0.900. The zero-order valence-corrected chi connectivity index (χ0v) is 9.93. The first-order chi connectivity index (χ1) is 6.04. The number of hydrogen-bond acceptors (Lipinski definition) is 3. The maximum atomic E-state index is 5.43. The van der Waals surface area contributed by atoms with Crippen molar-refractivity contribution < 1.29 is 4.84 Å². The van der Waals surface area contributed by atoms with Crippen LogP contribution in [0.1, 0.15) is 27.2 Å². The molecule has 2 bridgehead atoms. The quantitative estimate of drug-likeness (QED) is 0.629. The number of hydrogen-bond donors (Lipinski definition) is 0. The van der Waals surface area contributed by atoms with Crippen molar-refractivity contribution in [3.05, 3.63) is 0 Å². The van der Waals surface area contributed by atoms with Gasteiger partial charge in [-0.2, -0.15) is 0 Å². The van der Waals surface area contributed by atoms with E-state index in [1.807, 2.05) is 20.8 Å². The zero-order valence-electron chi connectivity index (χ0n) is 9.12. The Morgan fingerprint density at radius 2 is 2.14 bits per heavy atom. The maximum absolute atomic E-state index is 5.43. The first kappa shape index (κ1) is 11.8. The fourth-order valence-electron chi connectivity index (χ4n) is 1.91. The number of piperidine rings is 1. The standard InChI is InChI=1S/C10H18N2O.ClH/c1-10(2,3)13-11-9-7-12-5-4-8(9)6-12;/h8H,4-7H2,1-3H3;1H. The maximum Gasteiger partial charge on any atom is 0.129 e. The SMILES string of the molecule is CC(C)(C)ON=C1CN2CCC1C2.Cl. The van der Waals surface area contributed by atoms with E-state index in [1.165, 1.54) is 25.2 Å². The van der Waals surface area contributed by atoms with Crippen molar-refractivity contribution in [3.63, 3.8) is 0 Å². The number of rotatable bonds is 1. The van der Waals surface area contributed by atoms with E-state index in [-0.39, 0.29) is 18.0 Å². The fourth-order valence-corrected chi connectivity index (χ4v) is 1.91. The summed E-state index contributed by atoms with van der Waals surface area (Å²) in [5, 5.41) is 4.25. The molecule has 2 rings (SSSR count). The molecule has 0 aromatic carbocycles. The Morgan fingerprint density at radius 1 is 1.43 bits per heavy atom. The van der Waals surface area contributed by atoms with Crippen molar-refractivity contribution in [1.29, 1.82) is 0 Å². The molecule has 2 atom stereocenters. The minimum Gasteiger partial charge on any atom is -0.390 e. The van der Waals surface area contributed by atoms with E-state index in [9.17, 15) is 0 Å². The molecular weight excluding hydrogens is 200 g/mol. The van der Waals surface area contributed by atoms with Crippen molar-refractivity contribution in [2.45, 2.75) is 32.8 Å². The molecule has 14 heavy (non-hydrogen) atoms. The second-order valence-corrected chi connectivity index (χ2v) is 5.01. The summed E-state index contributed by atoms with van der Waals surface area (Å²) in [4.78, 5) is 7.87. The van der Waals surface area contributed by atoms with Crippen molar-refractivity contribution in [3.8, 4) is 0 Å².